The molecule has 0 aliphatic rings. The molecule has 0 N–H and O–H groups in total. The van der Waals surface area contributed by atoms with E-state index < -0.39 is 23.9 Å². The average Bonchev–Trinajstić information content (AvgIpc) is 2.97. The molecule has 0 aliphatic heterocycles. The molecule has 0 heterocycles. The van der Waals surface area contributed by atoms with E-state index in [1.54, 1.807) is 37.3 Å². The Hall–Kier alpha value is -5.22. The van der Waals surface area contributed by atoms with Crippen molar-refractivity contribution in [2.75, 3.05) is 13.6 Å². The number of hydrogen-bond acceptors (Lipinski definition) is 10. The Bertz CT molecular complexity index is 1370. The molecule has 206 valence electrons. The molecule has 0 spiro atoms. The highest BCUT2D eigenvalue weighted by Gasteiger charge is 2.14. The zero-order valence-electron chi connectivity index (χ0n) is 21.6. The van der Waals surface area contributed by atoms with E-state index in [4.69, 9.17) is 28.4 Å². The molecule has 0 aromatic heterocycles. The minimum absolute atomic E-state index is 0.185. The first-order valence-electron chi connectivity index (χ1n) is 11.8. The smallest absolute Gasteiger partial charge is 0.343 e. The Morgan fingerprint density at radius 1 is 0.700 bits per heavy atom. The third kappa shape index (κ3) is 8.96. The Labute approximate surface area is 230 Å². The predicted octanol–water partition coefficient (Wildman–Crippen LogP) is 4.70. The highest BCUT2D eigenvalue weighted by molar-refractivity contribution is 5.92. The summed E-state index contributed by atoms with van der Waals surface area (Å²) in [6, 6.07) is 17.3. The maximum Gasteiger partial charge on any atom is 0.343 e. The van der Waals surface area contributed by atoms with Crippen molar-refractivity contribution in [3.63, 3.8) is 0 Å². The van der Waals surface area contributed by atoms with Crippen molar-refractivity contribution in [1.29, 1.82) is 0 Å². The van der Waals surface area contributed by atoms with Gasteiger partial charge in [0, 0.05) is 12.2 Å². The largest absolute Gasteiger partial charge is 0.457 e. The van der Waals surface area contributed by atoms with Gasteiger partial charge in [-0.1, -0.05) is 25.3 Å². The van der Waals surface area contributed by atoms with E-state index in [0.717, 1.165) is 17.7 Å². The molecule has 0 unspecified atom stereocenters. The summed E-state index contributed by atoms with van der Waals surface area (Å²) in [5.41, 5.74) is 1.94. The Kier molecular flexibility index (Phi) is 10.7. The Morgan fingerprint density at radius 2 is 1.25 bits per heavy atom. The summed E-state index contributed by atoms with van der Waals surface area (Å²) >= 11 is 0. The van der Waals surface area contributed by atoms with E-state index in [-0.39, 0.29) is 31.5 Å². The summed E-state index contributed by atoms with van der Waals surface area (Å²) < 4.78 is 30.9. The number of hydrogen-bond donors (Lipinski definition) is 0. The maximum absolute atomic E-state index is 12.6. The summed E-state index contributed by atoms with van der Waals surface area (Å²) in [4.78, 5) is 47.1. The third-order valence-corrected chi connectivity index (χ3v) is 5.15. The lowest BCUT2D eigenvalue weighted by Crippen LogP contribution is -2.11. The van der Waals surface area contributed by atoms with E-state index in [0.29, 0.717) is 22.6 Å². The molecule has 0 atom stereocenters. The van der Waals surface area contributed by atoms with E-state index >= 15 is 0 Å². The molecule has 0 bridgehead atoms. The molecule has 3 rings (SSSR count). The lowest BCUT2D eigenvalue weighted by atomic mass is 10.1. The quantitative estimate of drug-likeness (QED) is 0.0979. The van der Waals surface area contributed by atoms with Crippen LogP contribution in [-0.2, 0) is 30.4 Å². The van der Waals surface area contributed by atoms with Gasteiger partial charge in [-0.05, 0) is 72.6 Å². The maximum atomic E-state index is 12.6. The van der Waals surface area contributed by atoms with Crippen LogP contribution in [0.2, 0.25) is 0 Å². The molecular weight excluding hydrogens is 520 g/mol. The lowest BCUT2D eigenvalue weighted by molar-refractivity contribution is -0.151. The Balaban J connectivity index is 1.50. The van der Waals surface area contributed by atoms with Crippen molar-refractivity contribution >= 4 is 23.9 Å². The summed E-state index contributed by atoms with van der Waals surface area (Å²) in [6.07, 6.45) is 2.06. The number of benzene rings is 3. The molecule has 40 heavy (non-hydrogen) atoms. The van der Waals surface area contributed by atoms with Crippen molar-refractivity contribution in [2.24, 2.45) is 0 Å². The normalized spacial score (nSPS) is 10.1. The van der Waals surface area contributed by atoms with Crippen molar-refractivity contribution in [1.82, 2.24) is 0 Å². The summed E-state index contributed by atoms with van der Waals surface area (Å²) in [5, 5.41) is 0. The van der Waals surface area contributed by atoms with E-state index in [1.165, 1.54) is 36.4 Å². The molecule has 10 heteroatoms. The number of rotatable bonds is 13. The number of esters is 4. The van der Waals surface area contributed by atoms with E-state index in [1.807, 2.05) is 0 Å². The van der Waals surface area contributed by atoms with Gasteiger partial charge in [-0.25, -0.2) is 19.2 Å². The molecule has 0 radical (unpaired) electrons. The first-order valence-corrected chi connectivity index (χ1v) is 11.8. The van der Waals surface area contributed by atoms with Gasteiger partial charge in [0.15, 0.2) is 6.79 Å². The van der Waals surface area contributed by atoms with Crippen LogP contribution in [0.4, 0.5) is 0 Å². The number of ether oxygens (including phenoxy) is 6. The fourth-order valence-corrected chi connectivity index (χ4v) is 3.08. The highest BCUT2D eigenvalue weighted by Crippen LogP contribution is 2.25. The van der Waals surface area contributed by atoms with Crippen molar-refractivity contribution < 1.29 is 47.6 Å². The van der Waals surface area contributed by atoms with Crippen LogP contribution in [-0.4, -0.2) is 37.5 Å². The monoisotopic (exact) mass is 546 g/mol. The molecule has 3 aromatic carbocycles. The summed E-state index contributed by atoms with van der Waals surface area (Å²) in [5.74, 6) is -1.40. The second-order valence-corrected chi connectivity index (χ2v) is 7.99. The molecular formula is C30H26O10. The van der Waals surface area contributed by atoms with Gasteiger partial charge >= 0.3 is 23.9 Å². The predicted molar refractivity (Wildman–Crippen MR) is 142 cm³/mol. The van der Waals surface area contributed by atoms with E-state index in [2.05, 4.69) is 13.2 Å². The molecule has 0 saturated carbocycles. The second kappa shape index (κ2) is 14.6. The summed E-state index contributed by atoms with van der Waals surface area (Å²) in [7, 11) is 0. The molecule has 0 saturated heterocycles. The van der Waals surface area contributed by atoms with Gasteiger partial charge in [0.05, 0.1) is 17.7 Å². The number of aryl methyl sites for hydroxylation is 1. The third-order valence-electron chi connectivity index (χ3n) is 5.15. The highest BCUT2D eigenvalue weighted by atomic mass is 16.7. The minimum Gasteiger partial charge on any atom is -0.457 e. The van der Waals surface area contributed by atoms with Crippen LogP contribution < -0.4 is 14.2 Å². The fourth-order valence-electron chi connectivity index (χ4n) is 3.08. The van der Waals surface area contributed by atoms with Gasteiger partial charge in [-0.3, -0.25) is 0 Å². The summed E-state index contributed by atoms with van der Waals surface area (Å²) in [6.45, 7) is 7.97. The molecule has 3 aromatic rings. The average molecular weight is 547 g/mol. The van der Waals surface area contributed by atoms with Crippen LogP contribution in [0.15, 0.2) is 92.0 Å². The van der Waals surface area contributed by atoms with Crippen LogP contribution in [0, 0.1) is 6.92 Å². The molecule has 10 nitrogen and oxygen atoms in total. The van der Waals surface area contributed by atoms with Gasteiger partial charge in [0.25, 0.3) is 0 Å². The SMILES string of the molecule is C=CC(=O)OCOCc1ccc(C(=O)Oc2ccc(OC(=O)c3ccc(OCOC(=O)C=C)cc3)cc2C)cc1. The standard InChI is InChI=1S/C30H26O10/c1-4-27(31)37-18-35-17-21-6-8-22(9-7-21)30(34)40-26-15-14-25(16-20(26)3)39-29(33)23-10-12-24(13-11-23)36-19-38-28(32)5-2/h4-16H,1-2,17-19H2,3H3. The van der Waals surface area contributed by atoms with Gasteiger partial charge in [-0.2, -0.15) is 0 Å². The van der Waals surface area contributed by atoms with Crippen LogP contribution in [0.1, 0.15) is 31.8 Å². The van der Waals surface area contributed by atoms with Crippen LogP contribution in [0.25, 0.3) is 0 Å². The van der Waals surface area contributed by atoms with Gasteiger partial charge in [0.1, 0.15) is 17.2 Å². The fraction of sp³-hybridized carbons (Fsp3) is 0.133. The minimum atomic E-state index is -0.612. The van der Waals surface area contributed by atoms with Crippen molar-refractivity contribution in [3.8, 4) is 17.2 Å². The van der Waals surface area contributed by atoms with Crippen molar-refractivity contribution in [3.05, 3.63) is 114 Å². The van der Waals surface area contributed by atoms with E-state index in [9.17, 15) is 19.2 Å². The molecule has 0 amide bonds. The van der Waals surface area contributed by atoms with Gasteiger partial charge < -0.3 is 28.4 Å². The lowest BCUT2D eigenvalue weighted by Gasteiger charge is -2.11. The topological polar surface area (TPSA) is 124 Å². The zero-order valence-corrected chi connectivity index (χ0v) is 21.6. The first-order chi connectivity index (χ1) is 19.3. The van der Waals surface area contributed by atoms with Gasteiger partial charge in [-0.15, -0.1) is 0 Å². The second-order valence-electron chi connectivity index (χ2n) is 7.99. The van der Waals surface area contributed by atoms with Gasteiger partial charge in [0.2, 0.25) is 6.79 Å². The Morgan fingerprint density at radius 3 is 1.85 bits per heavy atom. The number of carbonyl (C=O) groups excluding carboxylic acids is 4. The number of carbonyl (C=O) groups is 4. The first kappa shape index (κ1) is 29.3. The van der Waals surface area contributed by atoms with Crippen LogP contribution >= 0.6 is 0 Å². The molecule has 0 aliphatic carbocycles. The molecule has 0 fully saturated rings. The van der Waals surface area contributed by atoms with Crippen LogP contribution in [0.3, 0.4) is 0 Å². The van der Waals surface area contributed by atoms with Crippen LogP contribution in [0.5, 0.6) is 17.2 Å². The van der Waals surface area contributed by atoms with Crippen molar-refractivity contribution in [2.45, 2.75) is 13.5 Å². The zero-order chi connectivity index (χ0) is 28.9.